The van der Waals surface area contributed by atoms with Gasteiger partial charge in [0.1, 0.15) is 0 Å². The van der Waals surface area contributed by atoms with E-state index in [1.54, 1.807) is 0 Å². The molecule has 0 aromatic carbocycles. The van der Waals surface area contributed by atoms with Crippen LogP contribution in [0, 0.1) is 0 Å². The predicted octanol–water partition coefficient (Wildman–Crippen LogP) is -3.80. The third-order valence-corrected chi connectivity index (χ3v) is 0. The smallest absolute Gasteiger partial charge is 1.00 e. The van der Waals surface area contributed by atoms with Gasteiger partial charge in [0.15, 0.2) is 0 Å². The van der Waals surface area contributed by atoms with Gasteiger partial charge in [-0.25, -0.2) is 0 Å². The van der Waals surface area contributed by atoms with Gasteiger partial charge in [0.25, 0.3) is 0 Å². The van der Waals surface area contributed by atoms with Crippen molar-refractivity contribution in [3.8, 4) is 0 Å². The fraction of sp³-hybridized carbons (Fsp3) is 1.00. The molecule has 32 valence electrons. The molecule has 0 fully saturated rings. The minimum Gasteiger partial charge on any atom is -1.48 e. The van der Waals surface area contributed by atoms with E-state index in [0.29, 0.717) is 0 Å². The summed E-state index contributed by atoms with van der Waals surface area (Å²) in [5, 5.41) is 0.194. The Labute approximate surface area is 134 Å². The molecule has 0 rings (SSSR count). The van der Waals surface area contributed by atoms with Crippen LogP contribution in [0.2, 0.25) is 0 Å². The van der Waals surface area contributed by atoms with E-state index in [0.717, 1.165) is 0 Å². The van der Waals surface area contributed by atoms with Gasteiger partial charge in [-0.3, -0.25) is 0 Å². The molecule has 0 aliphatic carbocycles. The van der Waals surface area contributed by atoms with Crippen molar-refractivity contribution in [1.29, 1.82) is 0 Å². The van der Waals surface area contributed by atoms with Crippen molar-refractivity contribution >= 4 is 9.24 Å². The van der Waals surface area contributed by atoms with Gasteiger partial charge in [0.05, 0.1) is 0 Å². The fourth-order valence-electron chi connectivity index (χ4n) is 0. The Morgan fingerprint density at radius 2 is 1.00 bits per heavy atom. The summed E-state index contributed by atoms with van der Waals surface area (Å²) in [5.41, 5.74) is 0. The summed E-state index contributed by atoms with van der Waals surface area (Å²) < 4.78 is 0. The van der Waals surface area contributed by atoms with Crippen molar-refractivity contribution < 1.29 is 103 Å². The van der Waals surface area contributed by atoms with Gasteiger partial charge in [-0.1, -0.05) is 0 Å². The van der Waals surface area contributed by atoms with Gasteiger partial charge in [-0.05, 0) is 0 Å². The first kappa shape index (κ1) is 17.0. The molecule has 0 radical (unpaired) electrons. The standard InChI is InChI=1S/C4H9P.2K/c1-4(2,3)5;;/h1-3H3;;/q-2;2*+1. The first-order chi connectivity index (χ1) is 2.00. The molecule has 0 atom stereocenters. The van der Waals surface area contributed by atoms with E-state index in [-0.39, 0.29) is 108 Å². The summed E-state index contributed by atoms with van der Waals surface area (Å²) in [6.07, 6.45) is 0. The maximum absolute atomic E-state index is 4.12. The first-order valence-corrected chi connectivity index (χ1v) is 2.17. The van der Waals surface area contributed by atoms with Gasteiger partial charge in [0, 0.05) is 0 Å². The van der Waals surface area contributed by atoms with Gasteiger partial charge in [0.2, 0.25) is 0 Å². The summed E-state index contributed by atoms with van der Waals surface area (Å²) in [7, 11) is 4.12. The summed E-state index contributed by atoms with van der Waals surface area (Å²) in [4.78, 5) is 0. The molecule has 0 aromatic rings. The molecule has 7 heavy (non-hydrogen) atoms. The second-order valence-electron chi connectivity index (χ2n) is 2.17. The van der Waals surface area contributed by atoms with E-state index in [1.165, 1.54) is 0 Å². The van der Waals surface area contributed by atoms with Crippen LogP contribution in [0.25, 0.3) is 0 Å². The Morgan fingerprint density at radius 1 is 1.00 bits per heavy atom. The zero-order chi connectivity index (χ0) is 4.50. The maximum atomic E-state index is 4.12. The van der Waals surface area contributed by atoms with Crippen LogP contribution >= 0.6 is 9.24 Å². The quantitative estimate of drug-likeness (QED) is 0.256. The first-order valence-electron chi connectivity index (χ1n) is 1.72. The Hall–Kier alpha value is 3.70. The van der Waals surface area contributed by atoms with Crippen molar-refractivity contribution in [2.24, 2.45) is 0 Å². The predicted molar refractivity (Wildman–Crippen MR) is 26.7 cm³/mol. The maximum Gasteiger partial charge on any atom is 1.00 e. The van der Waals surface area contributed by atoms with Crippen molar-refractivity contribution in [1.82, 2.24) is 0 Å². The molecule has 0 aromatic heterocycles. The van der Waals surface area contributed by atoms with E-state index in [2.05, 4.69) is 30.0 Å². The van der Waals surface area contributed by atoms with Crippen molar-refractivity contribution in [2.75, 3.05) is 0 Å². The second-order valence-corrected chi connectivity index (χ2v) is 3.51. The van der Waals surface area contributed by atoms with E-state index in [1.807, 2.05) is 0 Å². The Bertz CT molecular complexity index is 25.2. The number of hydrogen-bond acceptors (Lipinski definition) is 0. The molecule has 0 saturated carbocycles. The van der Waals surface area contributed by atoms with E-state index >= 15 is 0 Å². The average molecular weight is 166 g/mol. The van der Waals surface area contributed by atoms with Crippen LogP contribution in [0.1, 0.15) is 20.8 Å². The molecular formula is C4H9K2P. The summed E-state index contributed by atoms with van der Waals surface area (Å²) >= 11 is 0. The van der Waals surface area contributed by atoms with E-state index in [9.17, 15) is 0 Å². The normalized spacial score (nSPS) is 8.57. The monoisotopic (exact) mass is 166 g/mol. The molecule has 0 heterocycles. The third-order valence-electron chi connectivity index (χ3n) is 0. The Morgan fingerprint density at radius 3 is 1.00 bits per heavy atom. The summed E-state index contributed by atoms with van der Waals surface area (Å²) in [5.74, 6) is 0. The average Bonchev–Trinajstić information content (AvgIpc) is 0.722. The SMILES string of the molecule is CC(C)(C)[P-2].[K+].[K+]. The molecule has 0 amide bonds. The summed E-state index contributed by atoms with van der Waals surface area (Å²) in [6, 6.07) is 0. The molecular weight excluding hydrogens is 157 g/mol. The van der Waals surface area contributed by atoms with Gasteiger partial charge in [-0.2, -0.15) is 0 Å². The van der Waals surface area contributed by atoms with Gasteiger partial charge < -0.3 is 14.4 Å². The van der Waals surface area contributed by atoms with E-state index in [4.69, 9.17) is 0 Å². The van der Waals surface area contributed by atoms with Crippen LogP contribution in [0.15, 0.2) is 0 Å². The topological polar surface area (TPSA) is 0 Å². The van der Waals surface area contributed by atoms with Crippen LogP contribution in [-0.4, -0.2) is 5.16 Å². The minimum atomic E-state index is 0. The molecule has 0 unspecified atom stereocenters. The second kappa shape index (κ2) is 7.81. The molecule has 0 bridgehead atoms. The van der Waals surface area contributed by atoms with Crippen molar-refractivity contribution in [3.63, 3.8) is 0 Å². The van der Waals surface area contributed by atoms with Crippen LogP contribution in [0.5, 0.6) is 0 Å². The van der Waals surface area contributed by atoms with Crippen molar-refractivity contribution in [2.45, 2.75) is 25.9 Å². The molecule has 0 aliphatic heterocycles. The molecule has 0 aliphatic rings. The fourth-order valence-corrected chi connectivity index (χ4v) is 0. The Kier molecular flexibility index (Phi) is 18.9. The van der Waals surface area contributed by atoms with Crippen LogP contribution < -0.4 is 103 Å². The van der Waals surface area contributed by atoms with Crippen molar-refractivity contribution in [3.05, 3.63) is 0 Å². The van der Waals surface area contributed by atoms with Gasteiger partial charge >= 0.3 is 103 Å². The third kappa shape index (κ3) is 42.0. The van der Waals surface area contributed by atoms with Crippen LogP contribution in [-0.2, 0) is 0 Å². The zero-order valence-electron chi connectivity index (χ0n) is 5.95. The molecule has 0 N–H and O–H groups in total. The summed E-state index contributed by atoms with van der Waals surface area (Å²) in [6.45, 7) is 6.16. The molecule has 0 saturated heterocycles. The number of rotatable bonds is 0. The van der Waals surface area contributed by atoms with Crippen LogP contribution in [0.4, 0.5) is 0 Å². The van der Waals surface area contributed by atoms with E-state index < -0.39 is 0 Å². The molecule has 3 heteroatoms. The Balaban J connectivity index is -0.0000000800. The van der Waals surface area contributed by atoms with Gasteiger partial charge in [-0.15, -0.1) is 20.8 Å². The minimum absolute atomic E-state index is 0. The molecule has 0 nitrogen and oxygen atoms in total. The zero-order valence-corrected chi connectivity index (χ0v) is 13.1. The number of hydrogen-bond donors (Lipinski definition) is 0. The largest absolute Gasteiger partial charge is 1.48 e. The van der Waals surface area contributed by atoms with Crippen LogP contribution in [0.3, 0.4) is 0 Å². The molecule has 0 spiro atoms.